The van der Waals surface area contributed by atoms with Crippen LogP contribution in [0.3, 0.4) is 0 Å². The fraction of sp³-hybridized carbons (Fsp3) is 0.350. The van der Waals surface area contributed by atoms with E-state index in [1.54, 1.807) is 0 Å². The summed E-state index contributed by atoms with van der Waals surface area (Å²) in [6, 6.07) is 17.6. The van der Waals surface area contributed by atoms with Gasteiger partial charge in [0, 0.05) is 11.1 Å². The van der Waals surface area contributed by atoms with E-state index < -0.39 is 11.2 Å². The lowest BCUT2D eigenvalue weighted by Gasteiger charge is -2.30. The second kappa shape index (κ2) is 6.38. The Morgan fingerprint density at radius 1 is 1.00 bits per heavy atom. The molecular formula is C20H22O4. The van der Waals surface area contributed by atoms with Crippen LogP contribution in [0.2, 0.25) is 0 Å². The Morgan fingerprint density at radius 3 is 2.25 bits per heavy atom. The van der Waals surface area contributed by atoms with E-state index in [0.29, 0.717) is 13.2 Å². The first-order valence-corrected chi connectivity index (χ1v) is 8.03. The van der Waals surface area contributed by atoms with E-state index in [9.17, 15) is 4.79 Å². The lowest BCUT2D eigenvalue weighted by atomic mass is 9.82. The Bertz CT molecular complexity index is 715. The van der Waals surface area contributed by atoms with Crippen LogP contribution in [0.1, 0.15) is 30.5 Å². The van der Waals surface area contributed by atoms with Crippen molar-refractivity contribution >= 4 is 5.97 Å². The summed E-state index contributed by atoms with van der Waals surface area (Å²) in [5, 5.41) is 0. The van der Waals surface area contributed by atoms with Crippen LogP contribution in [0.5, 0.6) is 0 Å². The van der Waals surface area contributed by atoms with Crippen molar-refractivity contribution in [2.75, 3.05) is 20.3 Å². The molecular weight excluding hydrogens is 304 g/mol. The van der Waals surface area contributed by atoms with E-state index in [4.69, 9.17) is 14.2 Å². The smallest absolute Gasteiger partial charge is 0.315 e. The van der Waals surface area contributed by atoms with Crippen LogP contribution in [0.4, 0.5) is 0 Å². The molecule has 1 aliphatic rings. The van der Waals surface area contributed by atoms with E-state index >= 15 is 0 Å². The third kappa shape index (κ3) is 2.72. The number of esters is 1. The summed E-state index contributed by atoms with van der Waals surface area (Å²) < 4.78 is 17.0. The quantitative estimate of drug-likeness (QED) is 0.808. The normalized spacial score (nSPS) is 16.8. The Kier molecular flexibility index (Phi) is 4.43. The minimum Gasteiger partial charge on any atom is -0.468 e. The Balaban J connectivity index is 2.08. The summed E-state index contributed by atoms with van der Waals surface area (Å²) in [6.07, 6.45) is 0. The van der Waals surface area contributed by atoms with Crippen LogP contribution in [0, 0.1) is 0 Å². The predicted molar refractivity (Wildman–Crippen MR) is 90.6 cm³/mol. The summed E-state index contributed by atoms with van der Waals surface area (Å²) >= 11 is 0. The zero-order chi connectivity index (χ0) is 17.2. The number of carbonyl (C=O) groups is 1. The molecule has 0 bridgehead atoms. The molecule has 1 heterocycles. The number of carbonyl (C=O) groups excluding carboxylic acids is 1. The van der Waals surface area contributed by atoms with E-state index in [1.807, 2.05) is 68.4 Å². The Hall–Kier alpha value is -2.17. The fourth-order valence-corrected chi connectivity index (χ4v) is 3.06. The highest BCUT2D eigenvalue weighted by Crippen LogP contribution is 2.39. The molecule has 0 amide bonds. The molecule has 0 saturated carbocycles. The second-order valence-corrected chi connectivity index (χ2v) is 6.38. The monoisotopic (exact) mass is 326 g/mol. The highest BCUT2D eigenvalue weighted by Gasteiger charge is 2.41. The van der Waals surface area contributed by atoms with Crippen molar-refractivity contribution < 1.29 is 19.0 Å². The van der Waals surface area contributed by atoms with Crippen LogP contribution in [0.15, 0.2) is 54.6 Å². The zero-order valence-electron chi connectivity index (χ0n) is 14.2. The van der Waals surface area contributed by atoms with Gasteiger partial charge in [0.25, 0.3) is 0 Å². The van der Waals surface area contributed by atoms with E-state index in [1.165, 1.54) is 7.11 Å². The number of ether oxygens (including phenoxy) is 3. The van der Waals surface area contributed by atoms with Gasteiger partial charge in [-0.3, -0.25) is 4.79 Å². The van der Waals surface area contributed by atoms with Gasteiger partial charge in [-0.2, -0.15) is 0 Å². The summed E-state index contributed by atoms with van der Waals surface area (Å²) in [4.78, 5) is 12.1. The molecule has 0 N–H and O–H groups in total. The molecule has 4 heteroatoms. The minimum absolute atomic E-state index is 0.276. The van der Waals surface area contributed by atoms with Crippen molar-refractivity contribution in [3.63, 3.8) is 0 Å². The number of rotatable bonds is 4. The van der Waals surface area contributed by atoms with Gasteiger partial charge >= 0.3 is 5.97 Å². The highest BCUT2D eigenvalue weighted by atomic mass is 16.7. The molecule has 2 aromatic rings. The average Bonchev–Trinajstić information content (AvgIpc) is 3.13. The predicted octanol–water partition coefficient (Wildman–Crippen LogP) is 3.39. The van der Waals surface area contributed by atoms with Crippen molar-refractivity contribution in [3.05, 3.63) is 71.3 Å². The second-order valence-electron chi connectivity index (χ2n) is 6.38. The number of methoxy groups -OCH3 is 1. The molecule has 0 aliphatic carbocycles. The van der Waals surface area contributed by atoms with E-state index in [2.05, 4.69) is 0 Å². The van der Waals surface area contributed by atoms with Crippen molar-refractivity contribution in [2.45, 2.75) is 25.0 Å². The molecule has 3 rings (SSSR count). The maximum absolute atomic E-state index is 12.1. The van der Waals surface area contributed by atoms with Gasteiger partial charge in [-0.15, -0.1) is 0 Å². The van der Waals surface area contributed by atoms with Gasteiger partial charge in [0.05, 0.1) is 25.7 Å². The molecule has 4 nitrogen and oxygen atoms in total. The van der Waals surface area contributed by atoms with Crippen molar-refractivity contribution in [3.8, 4) is 0 Å². The highest BCUT2D eigenvalue weighted by molar-refractivity contribution is 5.82. The SMILES string of the molecule is COC(=O)C(C)(C)c1cccc(C2(c3ccccc3)OCCO2)c1. The van der Waals surface area contributed by atoms with Gasteiger partial charge in [0.1, 0.15) is 0 Å². The number of hydrogen-bond acceptors (Lipinski definition) is 4. The zero-order valence-corrected chi connectivity index (χ0v) is 14.2. The lowest BCUT2D eigenvalue weighted by molar-refractivity contribution is -0.146. The largest absolute Gasteiger partial charge is 0.468 e. The van der Waals surface area contributed by atoms with Crippen molar-refractivity contribution in [2.24, 2.45) is 0 Å². The number of benzene rings is 2. The summed E-state index contributed by atoms with van der Waals surface area (Å²) in [5.74, 6) is -1.20. The van der Waals surface area contributed by atoms with Crippen LogP contribution >= 0.6 is 0 Å². The maximum Gasteiger partial charge on any atom is 0.315 e. The molecule has 0 radical (unpaired) electrons. The first-order valence-electron chi connectivity index (χ1n) is 8.03. The van der Waals surface area contributed by atoms with Gasteiger partial charge in [-0.25, -0.2) is 0 Å². The minimum atomic E-state index is -0.927. The van der Waals surface area contributed by atoms with Gasteiger partial charge in [-0.1, -0.05) is 48.5 Å². The summed E-state index contributed by atoms with van der Waals surface area (Å²) in [6.45, 7) is 4.76. The molecule has 0 spiro atoms. The number of hydrogen-bond donors (Lipinski definition) is 0. The van der Waals surface area contributed by atoms with E-state index in [0.717, 1.165) is 16.7 Å². The van der Waals surface area contributed by atoms with E-state index in [-0.39, 0.29) is 5.97 Å². The van der Waals surface area contributed by atoms with Gasteiger partial charge in [0.15, 0.2) is 0 Å². The molecule has 1 aliphatic heterocycles. The van der Waals surface area contributed by atoms with Crippen molar-refractivity contribution in [1.29, 1.82) is 0 Å². The molecule has 0 aromatic heterocycles. The molecule has 2 aromatic carbocycles. The molecule has 24 heavy (non-hydrogen) atoms. The first kappa shape index (κ1) is 16.7. The third-order valence-corrected chi connectivity index (χ3v) is 4.51. The Morgan fingerprint density at radius 2 is 1.62 bits per heavy atom. The van der Waals surface area contributed by atoms with Gasteiger partial charge < -0.3 is 14.2 Å². The van der Waals surface area contributed by atoms with Gasteiger partial charge in [-0.05, 0) is 25.5 Å². The van der Waals surface area contributed by atoms with Crippen LogP contribution in [0.25, 0.3) is 0 Å². The summed E-state index contributed by atoms with van der Waals surface area (Å²) in [7, 11) is 1.41. The standard InChI is InChI=1S/C20H22O4/c1-19(2,18(21)22-3)16-10-7-11-17(14-16)20(23-12-13-24-20)15-8-5-4-6-9-15/h4-11,14H,12-13H2,1-3H3. The van der Waals surface area contributed by atoms with Crippen LogP contribution in [-0.4, -0.2) is 26.3 Å². The molecule has 1 saturated heterocycles. The molecule has 0 unspecified atom stereocenters. The third-order valence-electron chi connectivity index (χ3n) is 4.51. The van der Waals surface area contributed by atoms with Crippen molar-refractivity contribution in [1.82, 2.24) is 0 Å². The van der Waals surface area contributed by atoms with Crippen LogP contribution < -0.4 is 0 Å². The molecule has 0 atom stereocenters. The fourth-order valence-electron chi connectivity index (χ4n) is 3.06. The lowest BCUT2D eigenvalue weighted by Crippen LogP contribution is -2.32. The first-order chi connectivity index (χ1) is 11.5. The maximum atomic E-state index is 12.1. The molecule has 126 valence electrons. The summed E-state index contributed by atoms with van der Waals surface area (Å²) in [5.41, 5.74) is 1.93. The topological polar surface area (TPSA) is 44.8 Å². The van der Waals surface area contributed by atoms with Crippen LogP contribution in [-0.2, 0) is 30.2 Å². The average molecular weight is 326 g/mol. The van der Waals surface area contributed by atoms with Gasteiger partial charge in [0.2, 0.25) is 5.79 Å². The Labute approximate surface area is 142 Å². The molecule has 1 fully saturated rings.